The Bertz CT molecular complexity index is 339. The van der Waals surface area contributed by atoms with Gasteiger partial charge in [-0.05, 0) is 37.1 Å². The number of nitrogens with zero attached hydrogens (tertiary/aromatic N) is 1. The second kappa shape index (κ2) is 7.43. The average molecular weight is 236 g/mol. The van der Waals surface area contributed by atoms with Gasteiger partial charge in [-0.15, -0.1) is 0 Å². The Balaban J connectivity index is 2.50. The summed E-state index contributed by atoms with van der Waals surface area (Å²) in [5.74, 6) is 0. The number of methoxy groups -OCH3 is 1. The van der Waals surface area contributed by atoms with Crippen LogP contribution in [0, 0.1) is 6.92 Å². The van der Waals surface area contributed by atoms with Crippen molar-refractivity contribution in [2.75, 3.05) is 27.3 Å². The highest BCUT2D eigenvalue weighted by Gasteiger charge is 2.03. The number of rotatable bonds is 7. The molecular weight excluding hydrogens is 212 g/mol. The summed E-state index contributed by atoms with van der Waals surface area (Å²) < 4.78 is 5.06. The van der Waals surface area contributed by atoms with Gasteiger partial charge in [0.2, 0.25) is 0 Å². The molecule has 1 aromatic carbocycles. The van der Waals surface area contributed by atoms with Gasteiger partial charge in [0, 0.05) is 33.4 Å². The topological polar surface area (TPSA) is 38.5 Å². The van der Waals surface area contributed by atoms with E-state index < -0.39 is 0 Å². The second-order valence-corrected chi connectivity index (χ2v) is 4.55. The van der Waals surface area contributed by atoms with Gasteiger partial charge in [0.1, 0.15) is 0 Å². The van der Waals surface area contributed by atoms with Crippen LogP contribution in [0.25, 0.3) is 0 Å². The quantitative estimate of drug-likeness (QED) is 0.735. The van der Waals surface area contributed by atoms with Crippen LogP contribution in [-0.2, 0) is 17.8 Å². The summed E-state index contributed by atoms with van der Waals surface area (Å²) >= 11 is 0. The number of benzene rings is 1. The molecule has 1 aromatic rings. The van der Waals surface area contributed by atoms with Crippen molar-refractivity contribution in [1.29, 1.82) is 0 Å². The van der Waals surface area contributed by atoms with Gasteiger partial charge in [0.25, 0.3) is 0 Å². The molecule has 0 unspecified atom stereocenters. The van der Waals surface area contributed by atoms with E-state index in [4.69, 9.17) is 10.5 Å². The Hall–Kier alpha value is -0.900. The van der Waals surface area contributed by atoms with Gasteiger partial charge >= 0.3 is 0 Å². The molecule has 1 rings (SSSR count). The van der Waals surface area contributed by atoms with Crippen molar-refractivity contribution >= 4 is 0 Å². The third-order valence-corrected chi connectivity index (χ3v) is 2.97. The van der Waals surface area contributed by atoms with Gasteiger partial charge in [-0.2, -0.15) is 0 Å². The summed E-state index contributed by atoms with van der Waals surface area (Å²) in [5.41, 5.74) is 9.53. The van der Waals surface area contributed by atoms with Gasteiger partial charge in [0.15, 0.2) is 0 Å². The van der Waals surface area contributed by atoms with Crippen LogP contribution in [0.2, 0.25) is 0 Å². The first-order chi connectivity index (χ1) is 8.17. The molecule has 0 heterocycles. The van der Waals surface area contributed by atoms with Crippen LogP contribution >= 0.6 is 0 Å². The van der Waals surface area contributed by atoms with E-state index in [1.807, 2.05) is 0 Å². The summed E-state index contributed by atoms with van der Waals surface area (Å²) in [6.45, 7) is 5.64. The number of nitrogens with two attached hydrogens (primary N) is 1. The SMILES string of the molecule is COCCCN(C)Cc1ccc(CN)cc1C. The maximum Gasteiger partial charge on any atom is 0.0474 e. The molecule has 0 bridgehead atoms. The predicted molar refractivity (Wildman–Crippen MR) is 71.9 cm³/mol. The lowest BCUT2D eigenvalue weighted by Crippen LogP contribution is -2.20. The minimum absolute atomic E-state index is 0.616. The number of hydrogen-bond donors (Lipinski definition) is 1. The molecule has 3 nitrogen and oxygen atoms in total. The summed E-state index contributed by atoms with van der Waals surface area (Å²) in [5, 5.41) is 0. The summed E-state index contributed by atoms with van der Waals surface area (Å²) in [6.07, 6.45) is 1.08. The molecule has 0 fully saturated rings. The van der Waals surface area contributed by atoms with Crippen LogP contribution < -0.4 is 5.73 Å². The highest BCUT2D eigenvalue weighted by molar-refractivity contribution is 5.30. The van der Waals surface area contributed by atoms with Gasteiger partial charge in [-0.1, -0.05) is 18.2 Å². The molecule has 0 atom stereocenters. The standard InChI is InChI=1S/C14H24N2O/c1-12-9-13(10-15)5-6-14(12)11-16(2)7-4-8-17-3/h5-6,9H,4,7-8,10-11,15H2,1-3H3. The zero-order valence-electron chi connectivity index (χ0n) is 11.2. The maximum absolute atomic E-state index is 5.63. The van der Waals surface area contributed by atoms with Crippen molar-refractivity contribution in [1.82, 2.24) is 4.90 Å². The fourth-order valence-electron chi connectivity index (χ4n) is 1.91. The third-order valence-electron chi connectivity index (χ3n) is 2.97. The Morgan fingerprint density at radius 2 is 2.12 bits per heavy atom. The molecule has 0 aromatic heterocycles. The molecule has 0 spiro atoms. The van der Waals surface area contributed by atoms with E-state index in [0.717, 1.165) is 26.1 Å². The van der Waals surface area contributed by atoms with E-state index in [0.29, 0.717) is 6.54 Å². The van der Waals surface area contributed by atoms with Crippen molar-refractivity contribution < 1.29 is 4.74 Å². The minimum Gasteiger partial charge on any atom is -0.385 e. The van der Waals surface area contributed by atoms with E-state index in [2.05, 4.69) is 37.1 Å². The van der Waals surface area contributed by atoms with Crippen LogP contribution in [-0.4, -0.2) is 32.2 Å². The number of ether oxygens (including phenoxy) is 1. The lowest BCUT2D eigenvalue weighted by molar-refractivity contribution is 0.178. The fraction of sp³-hybridized carbons (Fsp3) is 0.571. The Morgan fingerprint density at radius 3 is 2.71 bits per heavy atom. The lowest BCUT2D eigenvalue weighted by Gasteiger charge is -2.18. The largest absolute Gasteiger partial charge is 0.385 e. The van der Waals surface area contributed by atoms with Crippen molar-refractivity contribution in [3.05, 3.63) is 34.9 Å². The Morgan fingerprint density at radius 1 is 1.35 bits per heavy atom. The molecule has 0 saturated heterocycles. The zero-order valence-corrected chi connectivity index (χ0v) is 11.2. The average Bonchev–Trinajstić information content (AvgIpc) is 2.32. The van der Waals surface area contributed by atoms with E-state index in [1.165, 1.54) is 16.7 Å². The molecule has 0 radical (unpaired) electrons. The lowest BCUT2D eigenvalue weighted by atomic mass is 10.0. The third kappa shape index (κ3) is 4.86. The number of aryl methyl sites for hydroxylation is 1. The van der Waals surface area contributed by atoms with Crippen LogP contribution in [0.5, 0.6) is 0 Å². The molecule has 96 valence electrons. The fourth-order valence-corrected chi connectivity index (χ4v) is 1.91. The van der Waals surface area contributed by atoms with Crippen LogP contribution in [0.4, 0.5) is 0 Å². The summed E-state index contributed by atoms with van der Waals surface area (Å²) in [4.78, 5) is 2.32. The summed E-state index contributed by atoms with van der Waals surface area (Å²) in [6, 6.07) is 6.48. The van der Waals surface area contributed by atoms with E-state index in [1.54, 1.807) is 7.11 Å². The second-order valence-electron chi connectivity index (χ2n) is 4.55. The van der Waals surface area contributed by atoms with E-state index >= 15 is 0 Å². The molecule has 0 amide bonds. The van der Waals surface area contributed by atoms with Crippen molar-refractivity contribution in [3.8, 4) is 0 Å². The molecule has 17 heavy (non-hydrogen) atoms. The van der Waals surface area contributed by atoms with Crippen LogP contribution in [0.3, 0.4) is 0 Å². The molecule has 0 aliphatic rings. The highest BCUT2D eigenvalue weighted by Crippen LogP contribution is 2.12. The monoisotopic (exact) mass is 236 g/mol. The Labute approximate surface area is 105 Å². The minimum atomic E-state index is 0.616. The van der Waals surface area contributed by atoms with E-state index in [9.17, 15) is 0 Å². The van der Waals surface area contributed by atoms with Crippen molar-refractivity contribution in [2.45, 2.75) is 26.4 Å². The molecule has 0 saturated carbocycles. The van der Waals surface area contributed by atoms with Crippen molar-refractivity contribution in [3.63, 3.8) is 0 Å². The molecule has 0 aliphatic heterocycles. The first-order valence-corrected chi connectivity index (χ1v) is 6.13. The summed E-state index contributed by atoms with van der Waals surface area (Å²) in [7, 11) is 3.89. The Kier molecular flexibility index (Phi) is 6.19. The first kappa shape index (κ1) is 14.2. The first-order valence-electron chi connectivity index (χ1n) is 6.13. The van der Waals surface area contributed by atoms with Crippen LogP contribution in [0.15, 0.2) is 18.2 Å². The normalized spacial score (nSPS) is 11.1. The van der Waals surface area contributed by atoms with E-state index in [-0.39, 0.29) is 0 Å². The van der Waals surface area contributed by atoms with Gasteiger partial charge < -0.3 is 15.4 Å². The van der Waals surface area contributed by atoms with Crippen molar-refractivity contribution in [2.24, 2.45) is 5.73 Å². The smallest absolute Gasteiger partial charge is 0.0474 e. The highest BCUT2D eigenvalue weighted by atomic mass is 16.5. The molecule has 3 heteroatoms. The van der Waals surface area contributed by atoms with Gasteiger partial charge in [-0.25, -0.2) is 0 Å². The van der Waals surface area contributed by atoms with Crippen LogP contribution in [0.1, 0.15) is 23.1 Å². The molecule has 2 N–H and O–H groups in total. The molecule has 0 aliphatic carbocycles. The zero-order chi connectivity index (χ0) is 12.7. The van der Waals surface area contributed by atoms with Gasteiger partial charge in [0.05, 0.1) is 0 Å². The number of hydrogen-bond acceptors (Lipinski definition) is 3. The molecular formula is C14H24N2O. The maximum atomic E-state index is 5.63. The predicted octanol–water partition coefficient (Wildman–Crippen LogP) is 1.92. The van der Waals surface area contributed by atoms with Gasteiger partial charge in [-0.3, -0.25) is 0 Å².